The first-order chi connectivity index (χ1) is 6.86. The molecule has 1 aliphatic carbocycles. The number of rotatable bonds is 3. The summed E-state index contributed by atoms with van der Waals surface area (Å²) < 4.78 is 0. The van der Waals surface area contributed by atoms with E-state index in [9.17, 15) is 9.59 Å². The second-order valence-electron chi connectivity index (χ2n) is 3.40. The molecule has 1 unspecified atom stereocenters. The Hall–Kier alpha value is -1.50. The quantitative estimate of drug-likeness (QED) is 0.505. The summed E-state index contributed by atoms with van der Waals surface area (Å²) in [5.74, 6) is 0.401. The fourth-order valence-corrected chi connectivity index (χ4v) is 1.75. The Bertz CT molecular complexity index is 310. The normalized spacial score (nSPS) is 23.7. The first-order valence-corrected chi connectivity index (χ1v) is 4.65. The zero-order valence-electron chi connectivity index (χ0n) is 7.90. The van der Waals surface area contributed by atoms with Crippen LogP contribution in [0.3, 0.4) is 0 Å². The van der Waals surface area contributed by atoms with E-state index in [1.165, 1.54) is 6.08 Å². The molecular formula is C10H12N2O2. The lowest BCUT2D eigenvalue weighted by atomic mass is 9.86. The van der Waals surface area contributed by atoms with Gasteiger partial charge in [-0.1, -0.05) is 5.57 Å². The molecule has 0 heterocycles. The number of carbonyl (C=O) groups excluding carboxylic acids is 2. The maximum Gasteiger partial charge on any atom is 0.239 e. The molecule has 0 aromatic carbocycles. The average Bonchev–Trinajstić information content (AvgIpc) is 2.24. The fraction of sp³-hybridized carbons (Fsp3) is 0.600. The van der Waals surface area contributed by atoms with E-state index in [2.05, 4.69) is 9.98 Å². The standard InChI is InChI=1S/C10H12N2O2/c13-7-11-5-9-2-1-3-10(4-9)6-12-8-14/h5,10H,1-4,6H2/b9-5-. The molecule has 0 radical (unpaired) electrons. The van der Waals surface area contributed by atoms with Crippen LogP contribution in [0.5, 0.6) is 0 Å². The van der Waals surface area contributed by atoms with Crippen LogP contribution in [0.1, 0.15) is 25.7 Å². The Morgan fingerprint density at radius 2 is 2.29 bits per heavy atom. The van der Waals surface area contributed by atoms with Crippen LogP contribution in [0.2, 0.25) is 0 Å². The Balaban J connectivity index is 2.50. The monoisotopic (exact) mass is 192 g/mol. The van der Waals surface area contributed by atoms with Crippen molar-refractivity contribution in [2.75, 3.05) is 6.54 Å². The Morgan fingerprint density at radius 1 is 1.43 bits per heavy atom. The summed E-state index contributed by atoms with van der Waals surface area (Å²) in [7, 11) is 0. The van der Waals surface area contributed by atoms with E-state index in [-0.39, 0.29) is 0 Å². The van der Waals surface area contributed by atoms with Gasteiger partial charge in [-0.25, -0.2) is 14.6 Å². The molecule has 0 spiro atoms. The second kappa shape index (κ2) is 6.03. The lowest BCUT2D eigenvalue weighted by molar-refractivity contribution is 0.426. The van der Waals surface area contributed by atoms with Gasteiger partial charge in [0.25, 0.3) is 0 Å². The van der Waals surface area contributed by atoms with Gasteiger partial charge in [-0.05, 0) is 31.6 Å². The Labute approximate surface area is 82.4 Å². The van der Waals surface area contributed by atoms with Crippen LogP contribution < -0.4 is 0 Å². The lowest BCUT2D eigenvalue weighted by Crippen LogP contribution is -2.11. The molecule has 1 saturated carbocycles. The highest BCUT2D eigenvalue weighted by Crippen LogP contribution is 2.28. The van der Waals surface area contributed by atoms with Gasteiger partial charge in [0.2, 0.25) is 12.2 Å². The second-order valence-corrected chi connectivity index (χ2v) is 3.40. The molecule has 1 atom stereocenters. The van der Waals surface area contributed by atoms with E-state index in [1.54, 1.807) is 12.3 Å². The zero-order chi connectivity index (χ0) is 10.2. The van der Waals surface area contributed by atoms with Crippen molar-refractivity contribution in [3.05, 3.63) is 11.8 Å². The van der Waals surface area contributed by atoms with Gasteiger partial charge in [-0.3, -0.25) is 0 Å². The molecule has 1 aliphatic rings. The first-order valence-electron chi connectivity index (χ1n) is 4.65. The minimum atomic E-state index is 0.401. The highest BCUT2D eigenvalue weighted by atomic mass is 16.1. The Morgan fingerprint density at radius 3 is 3.00 bits per heavy atom. The van der Waals surface area contributed by atoms with Crippen molar-refractivity contribution in [2.24, 2.45) is 15.9 Å². The SMILES string of the molecule is O=C=N/C=C1/CCCC(CN=C=O)C1. The van der Waals surface area contributed by atoms with Gasteiger partial charge in [0.15, 0.2) is 0 Å². The third-order valence-corrected chi connectivity index (χ3v) is 2.37. The summed E-state index contributed by atoms with van der Waals surface area (Å²) in [4.78, 5) is 26.8. The van der Waals surface area contributed by atoms with Crippen LogP contribution in [0.15, 0.2) is 21.8 Å². The van der Waals surface area contributed by atoms with Crippen molar-refractivity contribution < 1.29 is 9.59 Å². The molecule has 0 saturated heterocycles. The third-order valence-electron chi connectivity index (χ3n) is 2.37. The van der Waals surface area contributed by atoms with E-state index in [4.69, 9.17) is 0 Å². The van der Waals surface area contributed by atoms with E-state index >= 15 is 0 Å². The summed E-state index contributed by atoms with van der Waals surface area (Å²) in [6, 6.07) is 0. The molecule has 0 aliphatic heterocycles. The number of isocyanates is 2. The number of nitrogens with zero attached hydrogens (tertiary/aromatic N) is 2. The van der Waals surface area contributed by atoms with Crippen LogP contribution in [-0.4, -0.2) is 18.7 Å². The zero-order valence-corrected chi connectivity index (χ0v) is 7.90. The number of allylic oxidation sites excluding steroid dienone is 1. The molecule has 1 fully saturated rings. The number of aliphatic imine (C=N–C) groups is 2. The molecule has 74 valence electrons. The van der Waals surface area contributed by atoms with Gasteiger partial charge in [0.05, 0.1) is 6.54 Å². The van der Waals surface area contributed by atoms with Crippen LogP contribution in [0, 0.1) is 5.92 Å². The molecule has 0 N–H and O–H groups in total. The van der Waals surface area contributed by atoms with Crippen LogP contribution in [0.4, 0.5) is 0 Å². The van der Waals surface area contributed by atoms with Crippen LogP contribution in [0.25, 0.3) is 0 Å². The Kier molecular flexibility index (Phi) is 4.56. The summed E-state index contributed by atoms with van der Waals surface area (Å²) in [6.45, 7) is 0.533. The van der Waals surface area contributed by atoms with Crippen LogP contribution >= 0.6 is 0 Å². The largest absolute Gasteiger partial charge is 0.239 e. The summed E-state index contributed by atoms with van der Waals surface area (Å²) >= 11 is 0. The smallest absolute Gasteiger partial charge is 0.211 e. The molecule has 0 aromatic heterocycles. The van der Waals surface area contributed by atoms with Crippen LogP contribution in [-0.2, 0) is 9.59 Å². The maximum absolute atomic E-state index is 9.92. The van der Waals surface area contributed by atoms with Gasteiger partial charge in [0.1, 0.15) is 0 Å². The summed E-state index contributed by atoms with van der Waals surface area (Å²) in [6.07, 6.45) is 8.60. The minimum Gasteiger partial charge on any atom is -0.211 e. The molecule has 1 rings (SSSR count). The molecule has 0 amide bonds. The third kappa shape index (κ3) is 3.48. The molecule has 0 bridgehead atoms. The predicted molar refractivity (Wildman–Crippen MR) is 51.2 cm³/mol. The average molecular weight is 192 g/mol. The van der Waals surface area contributed by atoms with E-state index < -0.39 is 0 Å². The number of hydrogen-bond donors (Lipinski definition) is 0. The summed E-state index contributed by atoms with van der Waals surface area (Å²) in [5, 5.41) is 0. The highest BCUT2D eigenvalue weighted by molar-refractivity contribution is 5.35. The molecule has 14 heavy (non-hydrogen) atoms. The minimum absolute atomic E-state index is 0.401. The van der Waals surface area contributed by atoms with Crippen molar-refractivity contribution in [3.8, 4) is 0 Å². The molecule has 4 nitrogen and oxygen atoms in total. The van der Waals surface area contributed by atoms with E-state index in [0.29, 0.717) is 12.5 Å². The highest BCUT2D eigenvalue weighted by Gasteiger charge is 2.16. The lowest BCUT2D eigenvalue weighted by Gasteiger charge is -2.21. The number of hydrogen-bond acceptors (Lipinski definition) is 4. The van der Waals surface area contributed by atoms with Gasteiger partial charge in [-0.2, -0.15) is 4.99 Å². The summed E-state index contributed by atoms with van der Waals surface area (Å²) in [5.41, 5.74) is 1.14. The molecular weight excluding hydrogens is 180 g/mol. The van der Waals surface area contributed by atoms with Gasteiger partial charge >= 0.3 is 0 Å². The fourth-order valence-electron chi connectivity index (χ4n) is 1.75. The first kappa shape index (κ1) is 10.6. The molecule has 0 aromatic rings. The van der Waals surface area contributed by atoms with Gasteiger partial charge < -0.3 is 0 Å². The van der Waals surface area contributed by atoms with E-state index in [1.807, 2.05) is 0 Å². The van der Waals surface area contributed by atoms with Gasteiger partial charge in [-0.15, -0.1) is 0 Å². The van der Waals surface area contributed by atoms with Crippen molar-refractivity contribution in [1.82, 2.24) is 0 Å². The molecule has 4 heteroatoms. The van der Waals surface area contributed by atoms with Gasteiger partial charge in [0, 0.05) is 6.20 Å². The van der Waals surface area contributed by atoms with Crippen molar-refractivity contribution in [3.63, 3.8) is 0 Å². The van der Waals surface area contributed by atoms with Crippen molar-refractivity contribution in [2.45, 2.75) is 25.7 Å². The maximum atomic E-state index is 9.92. The predicted octanol–water partition coefficient (Wildman–Crippen LogP) is 1.73. The van der Waals surface area contributed by atoms with E-state index in [0.717, 1.165) is 31.3 Å². The van der Waals surface area contributed by atoms with Crippen molar-refractivity contribution in [1.29, 1.82) is 0 Å². The van der Waals surface area contributed by atoms with Crippen molar-refractivity contribution >= 4 is 12.2 Å². The topological polar surface area (TPSA) is 58.9 Å².